The number of carbonyl (C=O) groups is 1. The van der Waals surface area contributed by atoms with Crippen molar-refractivity contribution in [1.82, 2.24) is 0 Å². The predicted molar refractivity (Wildman–Crippen MR) is 81.8 cm³/mol. The van der Waals surface area contributed by atoms with Crippen molar-refractivity contribution in [3.8, 4) is 17.2 Å². The summed E-state index contributed by atoms with van der Waals surface area (Å²) in [6.07, 6.45) is 0. The van der Waals surface area contributed by atoms with E-state index in [0.29, 0.717) is 20.4 Å². The number of hydrogen-bond acceptors (Lipinski definition) is 3. The summed E-state index contributed by atoms with van der Waals surface area (Å²) >= 11 is 6.61. The smallest absolute Gasteiger partial charge is 0.335 e. The lowest BCUT2D eigenvalue weighted by Gasteiger charge is -2.11. The van der Waals surface area contributed by atoms with Gasteiger partial charge in [-0.2, -0.15) is 0 Å². The first-order valence-electron chi connectivity index (χ1n) is 5.66. The lowest BCUT2D eigenvalue weighted by molar-refractivity contribution is 0.0696. The van der Waals surface area contributed by atoms with Gasteiger partial charge in [0, 0.05) is 0 Å². The molecule has 0 fully saturated rings. The van der Waals surface area contributed by atoms with E-state index in [4.69, 9.17) is 14.6 Å². The maximum atomic E-state index is 13.8. The summed E-state index contributed by atoms with van der Waals surface area (Å²) in [6.45, 7) is 0. The Balaban J connectivity index is 2.34. The van der Waals surface area contributed by atoms with E-state index in [0.717, 1.165) is 6.07 Å². The fourth-order valence-electron chi connectivity index (χ4n) is 1.58. The number of carboxylic acid groups (broad SMARTS) is 1. The van der Waals surface area contributed by atoms with Gasteiger partial charge in [-0.15, -0.1) is 0 Å². The first-order chi connectivity index (χ1) is 9.92. The Morgan fingerprint density at radius 2 is 1.71 bits per heavy atom. The largest absolute Gasteiger partial charge is 0.496 e. The molecule has 2 aromatic rings. The van der Waals surface area contributed by atoms with Crippen LogP contribution in [0.15, 0.2) is 39.3 Å². The van der Waals surface area contributed by atoms with E-state index >= 15 is 0 Å². The highest BCUT2D eigenvalue weighted by atomic mass is 79.9. The molecule has 0 heterocycles. The quantitative estimate of drug-likeness (QED) is 0.769. The fraction of sp³-hybridized carbons (Fsp3) is 0.0714. The van der Waals surface area contributed by atoms with Gasteiger partial charge in [0.25, 0.3) is 0 Å². The third-order valence-electron chi connectivity index (χ3n) is 2.61. The Morgan fingerprint density at radius 1 is 1.10 bits per heavy atom. The van der Waals surface area contributed by atoms with Gasteiger partial charge in [-0.1, -0.05) is 0 Å². The van der Waals surface area contributed by atoms with Crippen molar-refractivity contribution in [1.29, 1.82) is 0 Å². The van der Waals surface area contributed by atoms with E-state index < -0.39 is 11.8 Å². The van der Waals surface area contributed by atoms with Crippen LogP contribution in [0, 0.1) is 5.82 Å². The number of hydrogen-bond donors (Lipinski definition) is 1. The van der Waals surface area contributed by atoms with E-state index in [1.54, 1.807) is 12.1 Å². The number of halogens is 3. The molecular weight excluding hydrogens is 411 g/mol. The molecular formula is C14H9Br2FO4. The molecule has 0 aliphatic carbocycles. The zero-order valence-electron chi connectivity index (χ0n) is 10.7. The van der Waals surface area contributed by atoms with Gasteiger partial charge < -0.3 is 14.6 Å². The van der Waals surface area contributed by atoms with Gasteiger partial charge in [-0.05, 0) is 62.2 Å². The van der Waals surface area contributed by atoms with E-state index in [1.165, 1.54) is 19.2 Å². The Bertz CT molecular complexity index is 704. The van der Waals surface area contributed by atoms with E-state index in [-0.39, 0.29) is 11.3 Å². The molecule has 0 saturated carbocycles. The minimum absolute atomic E-state index is 0.0715. The van der Waals surface area contributed by atoms with Crippen molar-refractivity contribution in [2.24, 2.45) is 0 Å². The average Bonchev–Trinajstić information content (AvgIpc) is 2.44. The Hall–Kier alpha value is -1.60. The van der Waals surface area contributed by atoms with Crippen LogP contribution in [0.4, 0.5) is 4.39 Å². The molecule has 110 valence electrons. The predicted octanol–water partition coefficient (Wildman–Crippen LogP) is 4.85. The molecule has 21 heavy (non-hydrogen) atoms. The van der Waals surface area contributed by atoms with Gasteiger partial charge in [0.05, 0.1) is 21.6 Å². The van der Waals surface area contributed by atoms with Gasteiger partial charge in [-0.25, -0.2) is 9.18 Å². The van der Waals surface area contributed by atoms with Gasteiger partial charge in [0.2, 0.25) is 0 Å². The molecule has 2 aromatic carbocycles. The van der Waals surface area contributed by atoms with E-state index in [9.17, 15) is 9.18 Å². The molecule has 0 aliphatic heterocycles. The molecule has 7 heteroatoms. The molecule has 0 aromatic heterocycles. The molecule has 0 unspecified atom stereocenters. The highest BCUT2D eigenvalue weighted by molar-refractivity contribution is 9.11. The zero-order valence-corrected chi connectivity index (χ0v) is 13.9. The Labute approximate surface area is 136 Å². The molecule has 2 rings (SSSR count). The van der Waals surface area contributed by atoms with E-state index in [1.807, 2.05) is 0 Å². The fourth-order valence-corrected chi connectivity index (χ4v) is 2.47. The van der Waals surface area contributed by atoms with Gasteiger partial charge in [0.1, 0.15) is 11.5 Å². The summed E-state index contributed by atoms with van der Waals surface area (Å²) in [5.41, 5.74) is -0.144. The van der Waals surface area contributed by atoms with Crippen LogP contribution in [0.5, 0.6) is 17.2 Å². The van der Waals surface area contributed by atoms with Crippen molar-refractivity contribution in [2.45, 2.75) is 0 Å². The maximum absolute atomic E-state index is 13.8. The molecule has 0 radical (unpaired) electrons. The summed E-state index contributed by atoms with van der Waals surface area (Å²) in [5.74, 6) is -1.07. The highest BCUT2D eigenvalue weighted by Crippen LogP contribution is 2.38. The van der Waals surface area contributed by atoms with Crippen molar-refractivity contribution in [3.05, 3.63) is 50.7 Å². The van der Waals surface area contributed by atoms with Crippen molar-refractivity contribution >= 4 is 37.8 Å². The minimum Gasteiger partial charge on any atom is -0.496 e. The third-order valence-corrected chi connectivity index (χ3v) is 3.84. The molecule has 0 bridgehead atoms. The molecule has 0 saturated heterocycles. The van der Waals surface area contributed by atoms with Gasteiger partial charge in [0.15, 0.2) is 11.6 Å². The number of methoxy groups -OCH3 is 1. The van der Waals surface area contributed by atoms with Crippen LogP contribution in [0.3, 0.4) is 0 Å². The van der Waals surface area contributed by atoms with Crippen LogP contribution in [-0.4, -0.2) is 18.2 Å². The second-order valence-corrected chi connectivity index (χ2v) is 5.68. The van der Waals surface area contributed by atoms with Crippen molar-refractivity contribution in [2.75, 3.05) is 7.11 Å². The first kappa shape index (κ1) is 15.8. The van der Waals surface area contributed by atoms with Crippen LogP contribution in [0.2, 0.25) is 0 Å². The maximum Gasteiger partial charge on any atom is 0.335 e. The molecule has 4 nitrogen and oxygen atoms in total. The van der Waals surface area contributed by atoms with Crippen LogP contribution in [0.25, 0.3) is 0 Å². The van der Waals surface area contributed by atoms with Crippen molar-refractivity contribution in [3.63, 3.8) is 0 Å². The SMILES string of the molecule is COc1cc(Br)c(Oc2ccc(C(=O)O)cc2F)cc1Br. The summed E-state index contributed by atoms with van der Waals surface area (Å²) in [5, 5.41) is 8.79. The summed E-state index contributed by atoms with van der Waals surface area (Å²) < 4.78 is 25.6. The van der Waals surface area contributed by atoms with Crippen LogP contribution in [0.1, 0.15) is 10.4 Å². The topological polar surface area (TPSA) is 55.8 Å². The van der Waals surface area contributed by atoms with Crippen LogP contribution < -0.4 is 9.47 Å². The lowest BCUT2D eigenvalue weighted by Crippen LogP contribution is -1.98. The lowest BCUT2D eigenvalue weighted by atomic mass is 10.2. The molecule has 0 amide bonds. The minimum atomic E-state index is -1.20. The number of carboxylic acids is 1. The third kappa shape index (κ3) is 3.54. The van der Waals surface area contributed by atoms with Crippen LogP contribution in [-0.2, 0) is 0 Å². The average molecular weight is 420 g/mol. The Morgan fingerprint density at radius 3 is 2.29 bits per heavy atom. The summed E-state index contributed by atoms with van der Waals surface area (Å²) in [6, 6.07) is 6.73. The standard InChI is InChI=1S/C14H9Br2FO4/c1-20-12-5-9(16)13(6-8(12)15)21-11-3-2-7(14(18)19)4-10(11)17/h2-6H,1H3,(H,18,19). The number of rotatable bonds is 4. The van der Waals surface area contributed by atoms with Gasteiger partial charge >= 0.3 is 5.97 Å². The van der Waals surface area contributed by atoms with E-state index in [2.05, 4.69) is 31.9 Å². The Kier molecular flexibility index (Phi) is 4.84. The number of aromatic carboxylic acids is 1. The van der Waals surface area contributed by atoms with Crippen LogP contribution >= 0.6 is 31.9 Å². The molecule has 0 spiro atoms. The summed E-state index contributed by atoms with van der Waals surface area (Å²) in [7, 11) is 1.53. The first-order valence-corrected chi connectivity index (χ1v) is 7.24. The highest BCUT2D eigenvalue weighted by Gasteiger charge is 2.13. The normalized spacial score (nSPS) is 10.3. The number of benzene rings is 2. The molecule has 1 N–H and O–H groups in total. The molecule has 0 aliphatic rings. The van der Waals surface area contributed by atoms with Gasteiger partial charge in [-0.3, -0.25) is 0 Å². The number of ether oxygens (including phenoxy) is 2. The molecule has 0 atom stereocenters. The second-order valence-electron chi connectivity index (χ2n) is 3.97. The second kappa shape index (κ2) is 6.44. The zero-order chi connectivity index (χ0) is 15.6. The monoisotopic (exact) mass is 418 g/mol. The summed E-state index contributed by atoms with van der Waals surface area (Å²) in [4.78, 5) is 10.8. The van der Waals surface area contributed by atoms with Crippen molar-refractivity contribution < 1.29 is 23.8 Å².